The minimum atomic E-state index is -5.01. The van der Waals surface area contributed by atoms with E-state index in [1.54, 1.807) is 24.0 Å². The van der Waals surface area contributed by atoms with E-state index in [4.69, 9.17) is 0 Å². The molecule has 12 amide bonds. The molecule has 3 N–H and O–H groups in total. The standard InChI is InChI=1S/C74H106F4N12O12/c1-13-46(5)61-70(100)83(8)47(6)65(95)90-38-32-55(90)68(98)85(10)57(41-49-26-24-45(4)25-27-49)67(97)82(7)43-59(91)79-53(31-29-48-28-30-51(52(75)40-48)74(76,77)78)66(96)89-37-20-23-54(89)64(94)81-73(33-16-17-34-73)72(102)87(12)62(50-21-14-15-22-50)71(101)86(11)58(69(99)88-35-18-19-36-88)42-60(92)84(9)56(39-44(2)3)63(93)80-61/h24-28,30,40,44,46-47,50,53-58,61-62H,13-23,29,31-39,41-43H2,1-12H3,(H,79,91)(H,80,93)(H,81,94)/t46-,47-,53-,54-,55-,56-,57-,58-,61-,62-/m0/s1. The number of benzene rings is 2. The average Bonchev–Trinajstić information content (AvgIpc) is 1.38. The summed E-state index contributed by atoms with van der Waals surface area (Å²) in [5.74, 6) is -10.7. The van der Waals surface area contributed by atoms with Crippen molar-refractivity contribution >= 4 is 70.9 Å². The number of hydrogen-bond acceptors (Lipinski definition) is 12. The number of carbonyl (C=O) groups excluding carboxylic acids is 12. The van der Waals surface area contributed by atoms with Gasteiger partial charge in [0.15, 0.2) is 0 Å². The molecule has 0 unspecified atom stereocenters. The van der Waals surface area contributed by atoms with Gasteiger partial charge in [-0.05, 0) is 132 Å². The van der Waals surface area contributed by atoms with Crippen molar-refractivity contribution < 1.29 is 75.1 Å². The molecule has 0 aromatic heterocycles. The lowest BCUT2D eigenvalue weighted by molar-refractivity contribution is -0.160. The van der Waals surface area contributed by atoms with Crippen molar-refractivity contribution in [2.75, 3.05) is 75.0 Å². The monoisotopic (exact) mass is 1430 g/mol. The fourth-order valence-electron chi connectivity index (χ4n) is 15.6. The number of amides is 12. The van der Waals surface area contributed by atoms with Crippen LogP contribution >= 0.6 is 0 Å². The summed E-state index contributed by atoms with van der Waals surface area (Å²) in [6, 6.07) is -1.86. The predicted octanol–water partition coefficient (Wildman–Crippen LogP) is 5.24. The number of nitrogens with zero attached hydrogens (tertiary/aromatic N) is 9. The van der Waals surface area contributed by atoms with Gasteiger partial charge in [-0.15, -0.1) is 0 Å². The molecule has 4 heterocycles. The Hall–Kier alpha value is -8.20. The van der Waals surface area contributed by atoms with E-state index in [1.165, 1.54) is 83.5 Å². The van der Waals surface area contributed by atoms with Gasteiger partial charge in [0.1, 0.15) is 65.7 Å². The molecule has 2 aromatic rings. The van der Waals surface area contributed by atoms with Crippen LogP contribution in [-0.2, 0) is 76.6 Å². The third kappa shape index (κ3) is 18.0. The Morgan fingerprint density at radius 1 is 0.627 bits per heavy atom. The number of halogens is 4. The normalized spacial score (nSPS) is 27.2. The first-order valence-electron chi connectivity index (χ1n) is 36.4. The average molecular weight is 1430 g/mol. The lowest BCUT2D eigenvalue weighted by Gasteiger charge is -2.45. The van der Waals surface area contributed by atoms with Crippen LogP contribution in [0.15, 0.2) is 42.5 Å². The summed E-state index contributed by atoms with van der Waals surface area (Å²) in [6.07, 6.45) is 0.0464. The van der Waals surface area contributed by atoms with E-state index in [0.717, 1.165) is 29.4 Å². The van der Waals surface area contributed by atoms with Gasteiger partial charge in [-0.2, -0.15) is 13.2 Å². The molecule has 4 aliphatic heterocycles. The Kier molecular flexibility index (Phi) is 26.5. The Balaban J connectivity index is 1.18. The third-order valence-electron chi connectivity index (χ3n) is 22.4. The van der Waals surface area contributed by atoms with E-state index in [1.807, 2.05) is 39.8 Å². The molecule has 24 nitrogen and oxygen atoms in total. The summed E-state index contributed by atoms with van der Waals surface area (Å²) in [7, 11) is 8.50. The van der Waals surface area contributed by atoms with Gasteiger partial charge in [-0.3, -0.25) is 57.5 Å². The Bertz CT molecular complexity index is 3430. The van der Waals surface area contributed by atoms with Crippen LogP contribution in [-0.4, -0.2) is 250 Å². The van der Waals surface area contributed by atoms with Crippen LogP contribution in [0.2, 0.25) is 0 Å². The highest BCUT2D eigenvalue weighted by molar-refractivity contribution is 6.01. The van der Waals surface area contributed by atoms with E-state index in [0.29, 0.717) is 75.7 Å². The summed E-state index contributed by atoms with van der Waals surface area (Å²) < 4.78 is 56.3. The lowest BCUT2D eigenvalue weighted by atomic mass is 9.90. The number of alkyl halides is 3. The second kappa shape index (κ2) is 33.9. The number of nitrogens with one attached hydrogen (secondary N) is 3. The molecule has 2 aromatic carbocycles. The van der Waals surface area contributed by atoms with Gasteiger partial charge in [-0.1, -0.05) is 95.7 Å². The van der Waals surface area contributed by atoms with E-state index in [2.05, 4.69) is 16.0 Å². The number of likely N-dealkylation sites (N-methyl/N-ethyl adjacent to an activating group) is 6. The topological polar surface area (TPSA) is 270 Å². The van der Waals surface area contributed by atoms with Gasteiger partial charge in [-0.25, -0.2) is 4.39 Å². The van der Waals surface area contributed by atoms with Gasteiger partial charge in [0.2, 0.25) is 70.9 Å². The zero-order chi connectivity index (χ0) is 75.0. The second-order valence-electron chi connectivity index (χ2n) is 29.9. The largest absolute Gasteiger partial charge is 0.419 e. The highest BCUT2D eigenvalue weighted by atomic mass is 19.4. The number of rotatable bonds is 11. The van der Waals surface area contributed by atoms with Crippen LogP contribution in [0, 0.1) is 30.5 Å². The maximum Gasteiger partial charge on any atom is 0.419 e. The van der Waals surface area contributed by atoms with Crippen LogP contribution in [0.1, 0.15) is 166 Å². The molecule has 1 spiro atoms. The first kappa shape index (κ1) is 79.5. The Morgan fingerprint density at radius 3 is 1.84 bits per heavy atom. The second-order valence-corrected chi connectivity index (χ2v) is 29.9. The van der Waals surface area contributed by atoms with E-state index in [9.17, 15) is 46.7 Å². The van der Waals surface area contributed by atoms with Crippen molar-refractivity contribution in [2.24, 2.45) is 17.8 Å². The molecule has 102 heavy (non-hydrogen) atoms. The zero-order valence-electron chi connectivity index (χ0n) is 61.4. The molecule has 2 saturated carbocycles. The summed E-state index contributed by atoms with van der Waals surface area (Å²) in [4.78, 5) is 192. The maximum absolute atomic E-state index is 15.7. The summed E-state index contributed by atoms with van der Waals surface area (Å²) in [5.41, 5.74) is -1.52. The van der Waals surface area contributed by atoms with Crippen molar-refractivity contribution in [1.29, 1.82) is 0 Å². The molecule has 0 radical (unpaired) electrons. The molecule has 6 aliphatic rings. The number of likely N-dealkylation sites (tertiary alicyclic amines) is 1. The third-order valence-corrected chi connectivity index (χ3v) is 22.4. The lowest BCUT2D eigenvalue weighted by Crippen LogP contribution is -2.65. The Labute approximate surface area is 596 Å². The van der Waals surface area contributed by atoms with Crippen LogP contribution in [0.4, 0.5) is 17.6 Å². The van der Waals surface area contributed by atoms with E-state index < -0.39 is 173 Å². The molecule has 6 fully saturated rings. The highest BCUT2D eigenvalue weighted by Crippen LogP contribution is 2.38. The van der Waals surface area contributed by atoms with Crippen molar-refractivity contribution in [1.82, 2.24) is 60.0 Å². The number of aryl methyl sites for hydroxylation is 2. The minimum absolute atomic E-state index is 0.0132. The molecular formula is C74H106F4N12O12. The quantitative estimate of drug-likeness (QED) is 0.244. The van der Waals surface area contributed by atoms with Gasteiger partial charge in [0, 0.05) is 74.9 Å². The number of hydrogen-bond donors (Lipinski definition) is 3. The minimum Gasteiger partial charge on any atom is -0.343 e. The number of carbonyl (C=O) groups is 12. The van der Waals surface area contributed by atoms with Gasteiger partial charge < -0.3 is 60.0 Å². The van der Waals surface area contributed by atoms with Crippen LogP contribution in [0.5, 0.6) is 0 Å². The van der Waals surface area contributed by atoms with Crippen LogP contribution < -0.4 is 16.0 Å². The molecule has 0 bridgehead atoms. The summed E-state index contributed by atoms with van der Waals surface area (Å²) in [5, 5.41) is 8.67. The fraction of sp³-hybridized carbons (Fsp3) is 0.676. The predicted molar refractivity (Wildman–Crippen MR) is 370 cm³/mol. The number of fused-ring (bicyclic) bond motifs is 2. The first-order valence-corrected chi connectivity index (χ1v) is 36.4. The molecule has 562 valence electrons. The summed E-state index contributed by atoms with van der Waals surface area (Å²) >= 11 is 0. The first-order chi connectivity index (χ1) is 48.1. The van der Waals surface area contributed by atoms with Crippen molar-refractivity contribution in [2.45, 2.75) is 230 Å². The molecule has 2 aliphatic carbocycles. The van der Waals surface area contributed by atoms with E-state index in [-0.39, 0.29) is 82.4 Å². The van der Waals surface area contributed by atoms with Crippen LogP contribution in [0.25, 0.3) is 0 Å². The Morgan fingerprint density at radius 2 is 1.25 bits per heavy atom. The maximum atomic E-state index is 15.7. The molecule has 28 heteroatoms. The van der Waals surface area contributed by atoms with Crippen molar-refractivity contribution in [3.05, 3.63) is 70.5 Å². The molecule has 10 atom stereocenters. The fourth-order valence-corrected chi connectivity index (χ4v) is 15.6. The van der Waals surface area contributed by atoms with Crippen molar-refractivity contribution in [3.63, 3.8) is 0 Å². The van der Waals surface area contributed by atoms with Crippen molar-refractivity contribution in [3.8, 4) is 0 Å². The molecular weight excluding hydrogens is 1320 g/mol. The van der Waals surface area contributed by atoms with Gasteiger partial charge >= 0.3 is 6.18 Å². The summed E-state index contributed by atoms with van der Waals surface area (Å²) in [6.45, 7) is 10.8. The van der Waals surface area contributed by atoms with Gasteiger partial charge in [0.25, 0.3) is 0 Å². The smallest absolute Gasteiger partial charge is 0.343 e. The molecule has 8 rings (SSSR count). The van der Waals surface area contributed by atoms with E-state index >= 15 is 28.4 Å². The molecule has 4 saturated heterocycles. The SMILES string of the molecule is CC[C@H](C)[C@@H]1NC(=O)[C@H](CC(C)C)N(C)C(=O)C[C@@H](C(=O)N2CCCC2)N(C)C(=O)[C@H](C2CCCC2)N(C)C(=O)C2(CCCC2)NC(=O)[C@@H]2CCCN2C(=O)[C@H](CCc2ccc(C(F)(F)F)c(F)c2)NC(=O)CN(C)C(=O)[C@H](Cc2ccc(C)cc2)N(C)C(=O)[C@@H]2CCN2C(=O)[C@H](C)N(C)C1=O. The zero-order valence-corrected chi connectivity index (χ0v) is 61.4. The van der Waals surface area contributed by atoms with Crippen LogP contribution in [0.3, 0.4) is 0 Å². The van der Waals surface area contributed by atoms with Gasteiger partial charge in [0.05, 0.1) is 18.5 Å². The highest BCUT2D eigenvalue weighted by Gasteiger charge is 2.52.